The van der Waals surface area contributed by atoms with Crippen molar-refractivity contribution in [2.24, 2.45) is 15.4 Å². The average molecular weight is 587 g/mol. The molecule has 0 bridgehead atoms. The Balaban J connectivity index is 1.26. The number of para-hydroxylation sites is 2. The van der Waals surface area contributed by atoms with Crippen LogP contribution in [-0.2, 0) is 14.4 Å². The Labute approximate surface area is 232 Å². The largest absolute Gasteiger partial charge is 0.495 e. The van der Waals surface area contributed by atoms with Crippen molar-refractivity contribution in [3.63, 3.8) is 0 Å². The van der Waals surface area contributed by atoms with Crippen LogP contribution in [0.5, 0.6) is 5.75 Å². The van der Waals surface area contributed by atoms with E-state index in [-0.39, 0.29) is 18.5 Å². The molecule has 3 atom stereocenters. The van der Waals surface area contributed by atoms with Crippen molar-refractivity contribution in [2.75, 3.05) is 18.6 Å². The number of imide groups is 1. The van der Waals surface area contributed by atoms with Crippen molar-refractivity contribution in [3.05, 3.63) is 94.5 Å². The molecule has 0 saturated carbocycles. The lowest BCUT2D eigenvalue weighted by Gasteiger charge is -2.25. The van der Waals surface area contributed by atoms with Crippen LogP contribution in [0.25, 0.3) is 0 Å². The zero-order chi connectivity index (χ0) is 27.1. The Hall–Kier alpha value is -4.38. The Bertz CT molecular complexity index is 1510. The van der Waals surface area contributed by atoms with Gasteiger partial charge in [0.15, 0.2) is 12.1 Å². The molecule has 6 rings (SSSR count). The molecular weight excluding hydrogens is 564 g/mol. The Morgan fingerprint density at radius 1 is 0.974 bits per heavy atom. The molecule has 3 heterocycles. The Kier molecular flexibility index (Phi) is 6.43. The molecular formula is C28H23BrN6O4. The highest BCUT2D eigenvalue weighted by molar-refractivity contribution is 9.10. The lowest BCUT2D eigenvalue weighted by atomic mass is 9.98. The van der Waals surface area contributed by atoms with E-state index in [2.05, 4.69) is 26.3 Å². The molecule has 0 unspecified atom stereocenters. The maximum absolute atomic E-state index is 13.7. The first-order chi connectivity index (χ1) is 19.0. The standard InChI is InChI=1S/C28H23BrN6O4/c1-39-23-10-6-5-9-21(23)34-27(37)25-26(28(34)38)33(32-30-25)16-24(36)35-22(18-7-3-2-4-8-18)15-20(31-35)17-11-13-19(29)14-12-17/h2-14,22,25-26H,15-16H2,1H3/t22-,25+,26+/m0/s1. The van der Waals surface area contributed by atoms with Crippen molar-refractivity contribution in [2.45, 2.75) is 24.5 Å². The van der Waals surface area contributed by atoms with E-state index < -0.39 is 23.9 Å². The van der Waals surface area contributed by atoms with Crippen LogP contribution in [0.3, 0.4) is 0 Å². The van der Waals surface area contributed by atoms with Crippen molar-refractivity contribution in [1.29, 1.82) is 0 Å². The first-order valence-corrected chi connectivity index (χ1v) is 13.1. The molecule has 0 aromatic heterocycles. The van der Waals surface area contributed by atoms with E-state index in [0.717, 1.165) is 26.2 Å². The molecule has 196 valence electrons. The first kappa shape index (κ1) is 24.9. The number of carbonyl (C=O) groups excluding carboxylic acids is 3. The zero-order valence-electron chi connectivity index (χ0n) is 20.8. The van der Waals surface area contributed by atoms with Gasteiger partial charge in [-0.3, -0.25) is 19.4 Å². The fraction of sp³-hybridized carbons (Fsp3) is 0.214. The summed E-state index contributed by atoms with van der Waals surface area (Å²) in [6.07, 6.45) is 0.532. The van der Waals surface area contributed by atoms with Crippen molar-refractivity contribution >= 4 is 45.1 Å². The van der Waals surface area contributed by atoms with E-state index >= 15 is 0 Å². The summed E-state index contributed by atoms with van der Waals surface area (Å²) in [6.45, 7) is -0.260. The third-order valence-corrected chi connectivity index (χ3v) is 7.54. The predicted molar refractivity (Wildman–Crippen MR) is 146 cm³/mol. The van der Waals surface area contributed by atoms with Gasteiger partial charge in [-0.15, -0.1) is 0 Å². The van der Waals surface area contributed by atoms with Crippen LogP contribution < -0.4 is 9.64 Å². The van der Waals surface area contributed by atoms with Crippen LogP contribution in [0.4, 0.5) is 5.69 Å². The monoisotopic (exact) mass is 586 g/mol. The first-order valence-electron chi connectivity index (χ1n) is 12.3. The smallest absolute Gasteiger partial charge is 0.264 e. The van der Waals surface area contributed by atoms with Gasteiger partial charge in [-0.1, -0.05) is 75.8 Å². The molecule has 10 nitrogen and oxygen atoms in total. The molecule has 39 heavy (non-hydrogen) atoms. The molecule has 3 amide bonds. The van der Waals surface area contributed by atoms with Gasteiger partial charge in [0, 0.05) is 10.9 Å². The van der Waals surface area contributed by atoms with Crippen molar-refractivity contribution < 1.29 is 19.1 Å². The van der Waals surface area contributed by atoms with Gasteiger partial charge in [-0.05, 0) is 35.4 Å². The minimum Gasteiger partial charge on any atom is -0.495 e. The van der Waals surface area contributed by atoms with Crippen LogP contribution in [0.2, 0.25) is 0 Å². The lowest BCUT2D eigenvalue weighted by molar-refractivity contribution is -0.135. The summed E-state index contributed by atoms with van der Waals surface area (Å²) >= 11 is 3.45. The van der Waals surface area contributed by atoms with E-state index in [0.29, 0.717) is 17.9 Å². The quantitative estimate of drug-likeness (QED) is 0.404. The SMILES string of the molecule is COc1ccccc1N1C(=O)[C@@H]2N=NN(CC(=O)N3N=C(c4ccc(Br)cc4)C[C@H]3c3ccccc3)[C@H]2C1=O. The Morgan fingerprint density at radius 2 is 1.69 bits per heavy atom. The van der Waals surface area contributed by atoms with Crippen molar-refractivity contribution in [3.8, 4) is 5.75 Å². The lowest BCUT2D eigenvalue weighted by Crippen LogP contribution is -2.44. The highest BCUT2D eigenvalue weighted by atomic mass is 79.9. The minimum absolute atomic E-state index is 0.260. The fourth-order valence-corrected chi connectivity index (χ4v) is 5.37. The maximum atomic E-state index is 13.7. The number of methoxy groups -OCH3 is 1. The summed E-state index contributed by atoms with van der Waals surface area (Å²) in [4.78, 5) is 41.4. The molecule has 3 aromatic carbocycles. The molecule has 0 radical (unpaired) electrons. The van der Waals surface area contributed by atoms with Crippen molar-refractivity contribution in [1.82, 2.24) is 10.0 Å². The number of fused-ring (bicyclic) bond motifs is 1. The fourth-order valence-electron chi connectivity index (χ4n) is 5.11. The van der Waals surface area contributed by atoms with Gasteiger partial charge < -0.3 is 4.74 Å². The summed E-state index contributed by atoms with van der Waals surface area (Å²) < 4.78 is 6.30. The van der Waals surface area contributed by atoms with Gasteiger partial charge in [0.05, 0.1) is 24.6 Å². The number of carbonyl (C=O) groups is 3. The molecule has 1 fully saturated rings. The number of hydrogen-bond acceptors (Lipinski definition) is 8. The third-order valence-electron chi connectivity index (χ3n) is 7.01. The summed E-state index contributed by atoms with van der Waals surface area (Å²) in [7, 11) is 1.47. The Morgan fingerprint density at radius 3 is 2.44 bits per heavy atom. The normalized spacial score (nSPS) is 21.9. The number of halogens is 1. The molecule has 0 spiro atoms. The van der Waals surface area contributed by atoms with Gasteiger partial charge in [0.2, 0.25) is 0 Å². The van der Waals surface area contributed by atoms with Crippen LogP contribution in [0.1, 0.15) is 23.6 Å². The second-order valence-electron chi connectivity index (χ2n) is 9.30. The molecule has 3 aliphatic rings. The van der Waals surface area contributed by atoms with Gasteiger partial charge in [-0.2, -0.15) is 10.2 Å². The predicted octanol–water partition coefficient (Wildman–Crippen LogP) is 4.13. The molecule has 0 aliphatic carbocycles. The summed E-state index contributed by atoms with van der Waals surface area (Å²) in [5.41, 5.74) is 2.97. The number of anilines is 1. The van der Waals surface area contributed by atoms with E-state index in [1.807, 2.05) is 54.6 Å². The number of ether oxygens (including phenoxy) is 1. The number of nitrogens with zero attached hydrogens (tertiary/aromatic N) is 6. The molecule has 3 aliphatic heterocycles. The van der Waals surface area contributed by atoms with E-state index in [1.165, 1.54) is 17.1 Å². The van der Waals surface area contributed by atoms with E-state index in [1.54, 1.807) is 24.3 Å². The van der Waals surface area contributed by atoms with Crippen LogP contribution in [-0.4, -0.2) is 59.2 Å². The molecule has 1 saturated heterocycles. The second kappa shape index (κ2) is 10.1. The van der Waals surface area contributed by atoms with E-state index in [4.69, 9.17) is 9.84 Å². The van der Waals surface area contributed by atoms with Gasteiger partial charge >= 0.3 is 0 Å². The summed E-state index contributed by atoms with van der Waals surface area (Å²) in [5, 5.41) is 15.5. The number of hydrazone groups is 1. The van der Waals surface area contributed by atoms with Gasteiger partial charge in [0.25, 0.3) is 17.7 Å². The number of rotatable bonds is 6. The summed E-state index contributed by atoms with van der Waals surface area (Å²) in [6, 6.07) is 21.9. The molecule has 3 aromatic rings. The number of hydrogen-bond donors (Lipinski definition) is 0. The topological polar surface area (TPSA) is 107 Å². The number of benzene rings is 3. The summed E-state index contributed by atoms with van der Waals surface area (Å²) in [5.74, 6) is -0.984. The minimum atomic E-state index is -1.03. The highest BCUT2D eigenvalue weighted by Crippen LogP contribution is 2.37. The van der Waals surface area contributed by atoms with E-state index in [9.17, 15) is 14.4 Å². The van der Waals surface area contributed by atoms with Crippen LogP contribution in [0.15, 0.2) is 98.8 Å². The molecule has 0 N–H and O–H groups in total. The zero-order valence-corrected chi connectivity index (χ0v) is 22.4. The van der Waals surface area contributed by atoms with Gasteiger partial charge in [-0.25, -0.2) is 9.91 Å². The second-order valence-corrected chi connectivity index (χ2v) is 10.2. The van der Waals surface area contributed by atoms with Crippen LogP contribution in [0, 0.1) is 0 Å². The maximum Gasteiger partial charge on any atom is 0.264 e. The van der Waals surface area contributed by atoms with Gasteiger partial charge in [0.1, 0.15) is 12.3 Å². The number of amides is 3. The highest BCUT2D eigenvalue weighted by Gasteiger charge is 2.56. The average Bonchev–Trinajstić information content (AvgIpc) is 3.65. The van der Waals surface area contributed by atoms with Crippen LogP contribution >= 0.6 is 15.9 Å². The third kappa shape index (κ3) is 4.38. The molecule has 11 heteroatoms.